The fourth-order valence-electron chi connectivity index (χ4n) is 4.72. The van der Waals surface area contributed by atoms with Gasteiger partial charge in [-0.25, -0.2) is 0 Å². The molecule has 1 N–H and O–H groups in total. The monoisotopic (exact) mass is 410 g/mol. The maximum atomic E-state index is 12.7. The van der Waals surface area contributed by atoms with E-state index in [1.165, 1.54) is 12.0 Å². The van der Waals surface area contributed by atoms with E-state index in [4.69, 9.17) is 4.74 Å². The first kappa shape index (κ1) is 20.9. The number of aromatic nitrogens is 2. The van der Waals surface area contributed by atoms with Gasteiger partial charge in [-0.1, -0.05) is 32.0 Å². The second-order valence-corrected chi connectivity index (χ2v) is 9.50. The minimum Gasteiger partial charge on any atom is -0.493 e. The molecule has 2 saturated heterocycles. The molecule has 0 atom stereocenters. The van der Waals surface area contributed by atoms with Crippen molar-refractivity contribution < 1.29 is 9.53 Å². The number of ether oxygens (including phenoxy) is 1. The Morgan fingerprint density at radius 3 is 2.63 bits per heavy atom. The van der Waals surface area contributed by atoms with E-state index in [9.17, 15) is 4.79 Å². The van der Waals surface area contributed by atoms with Crippen LogP contribution in [0.25, 0.3) is 0 Å². The van der Waals surface area contributed by atoms with Gasteiger partial charge in [-0.05, 0) is 56.2 Å². The highest BCUT2D eigenvalue weighted by molar-refractivity contribution is 5.92. The van der Waals surface area contributed by atoms with E-state index in [2.05, 4.69) is 53.2 Å². The molecule has 4 rings (SSSR count). The number of H-pyrrole nitrogens is 1. The Hall–Kier alpha value is -2.34. The first-order valence-electron chi connectivity index (χ1n) is 11.2. The molecule has 1 spiro atoms. The van der Waals surface area contributed by atoms with Crippen LogP contribution in [0.5, 0.6) is 5.75 Å². The average Bonchev–Trinajstić information content (AvgIpc) is 3.34. The normalized spacial score (nSPS) is 19.0. The number of carbonyl (C=O) groups is 1. The molecule has 2 fully saturated rings. The van der Waals surface area contributed by atoms with Gasteiger partial charge in [0.2, 0.25) is 0 Å². The Morgan fingerprint density at radius 1 is 1.20 bits per heavy atom. The number of nitrogens with one attached hydrogen (secondary N) is 1. The van der Waals surface area contributed by atoms with Crippen LogP contribution >= 0.6 is 0 Å². The number of piperidine rings is 1. The minimum absolute atomic E-state index is 0.0558. The van der Waals surface area contributed by atoms with Crippen molar-refractivity contribution in [3.63, 3.8) is 0 Å². The Kier molecular flexibility index (Phi) is 6.14. The number of amides is 1. The fourth-order valence-corrected chi connectivity index (χ4v) is 4.72. The highest BCUT2D eigenvalue weighted by Gasteiger charge is 2.41. The SMILES string of the molecule is Cc1cc(C(=O)N2CCC3(CCN(Cc4ccccc4OCC(C)C)C3)CC2)n[nH]1. The van der Waals surface area contributed by atoms with Crippen molar-refractivity contribution in [3.8, 4) is 5.75 Å². The molecule has 1 aromatic heterocycles. The molecule has 6 heteroatoms. The Labute approximate surface area is 179 Å². The topological polar surface area (TPSA) is 61.5 Å². The van der Waals surface area contributed by atoms with Gasteiger partial charge in [0.25, 0.3) is 5.91 Å². The maximum absolute atomic E-state index is 12.7. The van der Waals surface area contributed by atoms with Gasteiger partial charge in [-0.15, -0.1) is 0 Å². The van der Waals surface area contributed by atoms with Crippen molar-refractivity contribution in [2.45, 2.75) is 46.6 Å². The lowest BCUT2D eigenvalue weighted by Gasteiger charge is -2.39. The standard InChI is InChI=1S/C24H34N4O2/c1-18(2)16-30-22-7-5-4-6-20(22)15-27-11-8-24(17-27)9-12-28(13-10-24)23(29)21-14-19(3)25-26-21/h4-7,14,18H,8-13,15-17H2,1-3H3,(H,25,26). The number of carbonyl (C=O) groups excluding carboxylic acids is 1. The average molecular weight is 411 g/mol. The molecule has 3 heterocycles. The van der Waals surface area contributed by atoms with Crippen LogP contribution < -0.4 is 4.74 Å². The quantitative estimate of drug-likeness (QED) is 0.785. The van der Waals surface area contributed by atoms with Crippen LogP contribution in [0.15, 0.2) is 30.3 Å². The summed E-state index contributed by atoms with van der Waals surface area (Å²) in [6.07, 6.45) is 3.36. The van der Waals surface area contributed by atoms with Crippen LogP contribution in [0.2, 0.25) is 0 Å². The molecule has 2 aromatic rings. The molecule has 2 aliphatic rings. The molecule has 0 unspecified atom stereocenters. The predicted octanol–water partition coefficient (Wildman–Crippen LogP) is 3.88. The molecule has 162 valence electrons. The number of hydrogen-bond acceptors (Lipinski definition) is 4. The van der Waals surface area contributed by atoms with Crippen LogP contribution in [0.1, 0.15) is 54.9 Å². The highest BCUT2D eigenvalue weighted by atomic mass is 16.5. The summed E-state index contributed by atoms with van der Waals surface area (Å²) >= 11 is 0. The van der Waals surface area contributed by atoms with Gasteiger partial charge in [-0.2, -0.15) is 5.10 Å². The zero-order chi connectivity index (χ0) is 21.1. The summed E-state index contributed by atoms with van der Waals surface area (Å²) in [6.45, 7) is 11.8. The van der Waals surface area contributed by atoms with E-state index < -0.39 is 0 Å². The van der Waals surface area contributed by atoms with E-state index in [0.717, 1.165) is 63.6 Å². The van der Waals surface area contributed by atoms with Gasteiger partial charge in [0.15, 0.2) is 0 Å². The number of likely N-dealkylation sites (tertiary alicyclic amines) is 2. The molecule has 2 aliphatic heterocycles. The lowest BCUT2D eigenvalue weighted by molar-refractivity contribution is 0.0582. The Balaban J connectivity index is 1.33. The van der Waals surface area contributed by atoms with Gasteiger partial charge >= 0.3 is 0 Å². The van der Waals surface area contributed by atoms with Crippen molar-refractivity contribution in [1.29, 1.82) is 0 Å². The summed E-state index contributed by atoms with van der Waals surface area (Å²) in [7, 11) is 0. The zero-order valence-corrected chi connectivity index (χ0v) is 18.5. The van der Waals surface area contributed by atoms with Crippen molar-refractivity contribution in [2.24, 2.45) is 11.3 Å². The number of aryl methyl sites for hydroxylation is 1. The summed E-state index contributed by atoms with van der Waals surface area (Å²) in [6, 6.07) is 10.3. The Morgan fingerprint density at radius 2 is 1.93 bits per heavy atom. The van der Waals surface area contributed by atoms with Crippen LogP contribution in [0, 0.1) is 18.3 Å². The third-order valence-electron chi connectivity index (χ3n) is 6.49. The van der Waals surface area contributed by atoms with E-state index >= 15 is 0 Å². The molecule has 0 bridgehead atoms. The summed E-state index contributed by atoms with van der Waals surface area (Å²) in [5, 5.41) is 7.01. The van der Waals surface area contributed by atoms with Gasteiger partial charge in [0.05, 0.1) is 6.61 Å². The largest absolute Gasteiger partial charge is 0.493 e. The molecule has 0 radical (unpaired) electrons. The van der Waals surface area contributed by atoms with Crippen LogP contribution in [0.4, 0.5) is 0 Å². The maximum Gasteiger partial charge on any atom is 0.274 e. The molecule has 6 nitrogen and oxygen atoms in total. The first-order valence-corrected chi connectivity index (χ1v) is 11.2. The second-order valence-electron chi connectivity index (χ2n) is 9.50. The highest BCUT2D eigenvalue weighted by Crippen LogP contribution is 2.41. The zero-order valence-electron chi connectivity index (χ0n) is 18.5. The van der Waals surface area contributed by atoms with Gasteiger partial charge in [-0.3, -0.25) is 14.8 Å². The van der Waals surface area contributed by atoms with E-state index in [1.807, 2.05) is 17.9 Å². The second kappa shape index (κ2) is 8.80. The molecular weight excluding hydrogens is 376 g/mol. The fraction of sp³-hybridized carbons (Fsp3) is 0.583. The number of aromatic amines is 1. The van der Waals surface area contributed by atoms with Gasteiger partial charge in [0.1, 0.15) is 11.4 Å². The molecule has 1 amide bonds. The smallest absolute Gasteiger partial charge is 0.274 e. The lowest BCUT2D eigenvalue weighted by atomic mass is 9.77. The lowest BCUT2D eigenvalue weighted by Crippen LogP contribution is -2.44. The summed E-state index contributed by atoms with van der Waals surface area (Å²) in [5.41, 5.74) is 3.08. The van der Waals surface area contributed by atoms with E-state index in [1.54, 1.807) is 0 Å². The van der Waals surface area contributed by atoms with Gasteiger partial charge in [0, 0.05) is 37.4 Å². The molecule has 0 aliphatic carbocycles. The first-order chi connectivity index (χ1) is 14.4. The summed E-state index contributed by atoms with van der Waals surface area (Å²) in [4.78, 5) is 17.2. The molecular formula is C24H34N4O2. The number of nitrogens with zero attached hydrogens (tertiary/aromatic N) is 3. The van der Waals surface area contributed by atoms with E-state index in [-0.39, 0.29) is 5.91 Å². The molecule has 30 heavy (non-hydrogen) atoms. The molecule has 1 aromatic carbocycles. The third-order valence-corrected chi connectivity index (χ3v) is 6.49. The number of benzene rings is 1. The number of rotatable bonds is 6. The van der Waals surface area contributed by atoms with Crippen LogP contribution in [-0.4, -0.2) is 58.7 Å². The summed E-state index contributed by atoms with van der Waals surface area (Å²) < 4.78 is 6.05. The molecule has 0 saturated carbocycles. The van der Waals surface area contributed by atoms with Crippen LogP contribution in [-0.2, 0) is 6.54 Å². The predicted molar refractivity (Wildman–Crippen MR) is 118 cm³/mol. The van der Waals surface area contributed by atoms with Crippen molar-refractivity contribution in [3.05, 3.63) is 47.3 Å². The number of hydrogen-bond donors (Lipinski definition) is 1. The van der Waals surface area contributed by atoms with Crippen molar-refractivity contribution >= 4 is 5.91 Å². The Bertz CT molecular complexity index is 868. The summed E-state index contributed by atoms with van der Waals surface area (Å²) in [5.74, 6) is 1.59. The van der Waals surface area contributed by atoms with Crippen molar-refractivity contribution in [1.82, 2.24) is 20.0 Å². The van der Waals surface area contributed by atoms with E-state index in [0.29, 0.717) is 17.0 Å². The van der Waals surface area contributed by atoms with Gasteiger partial charge < -0.3 is 9.64 Å². The van der Waals surface area contributed by atoms with Crippen LogP contribution in [0.3, 0.4) is 0 Å². The third kappa shape index (κ3) is 4.69. The number of para-hydroxylation sites is 1. The minimum atomic E-state index is 0.0558. The van der Waals surface area contributed by atoms with Crippen molar-refractivity contribution in [2.75, 3.05) is 32.8 Å².